The highest BCUT2D eigenvalue weighted by atomic mass is 14.8. The highest BCUT2D eigenvalue weighted by Crippen LogP contribution is 2.34. The van der Waals surface area contributed by atoms with E-state index in [9.17, 15) is 0 Å². The van der Waals surface area contributed by atoms with Crippen LogP contribution in [0.1, 0.15) is 23.8 Å². The molecule has 0 bridgehead atoms. The second kappa shape index (κ2) is 6.32. The maximum absolute atomic E-state index is 4.66. The van der Waals surface area contributed by atoms with E-state index in [1.165, 1.54) is 11.1 Å². The number of allylic oxidation sites excluding steroid dienone is 3. The van der Waals surface area contributed by atoms with Crippen molar-refractivity contribution in [3.05, 3.63) is 90.3 Å². The zero-order valence-corrected chi connectivity index (χ0v) is 14.0. The highest BCUT2D eigenvalue weighted by molar-refractivity contribution is 5.90. The van der Waals surface area contributed by atoms with Crippen molar-refractivity contribution >= 4 is 22.0 Å². The average molecular weight is 328 g/mol. The van der Waals surface area contributed by atoms with E-state index in [0.717, 1.165) is 39.7 Å². The summed E-state index contributed by atoms with van der Waals surface area (Å²) < 4.78 is 0. The third-order valence-electron chi connectivity index (χ3n) is 4.43. The van der Waals surface area contributed by atoms with Gasteiger partial charge in [0.15, 0.2) is 0 Å². The number of nitrogens with one attached hydrogen (secondary N) is 1. The lowest BCUT2D eigenvalue weighted by Gasteiger charge is -2.10. The zero-order valence-electron chi connectivity index (χ0n) is 14.0. The van der Waals surface area contributed by atoms with Gasteiger partial charge in [0, 0.05) is 50.0 Å². The molecule has 0 amide bonds. The molecule has 4 rings (SSSR count). The molecule has 1 N–H and O–H groups in total. The first kappa shape index (κ1) is 15.3. The van der Waals surface area contributed by atoms with Gasteiger partial charge in [-0.05, 0) is 34.9 Å². The molecule has 0 saturated heterocycles. The van der Waals surface area contributed by atoms with Crippen LogP contribution in [0.5, 0.6) is 0 Å². The van der Waals surface area contributed by atoms with E-state index in [0.29, 0.717) is 0 Å². The Morgan fingerprint density at radius 3 is 3.00 bits per heavy atom. The topological polar surface area (TPSA) is 50.7 Å². The summed E-state index contributed by atoms with van der Waals surface area (Å²) in [6.07, 6.45) is 12.2. The Morgan fingerprint density at radius 1 is 1.24 bits per heavy atom. The van der Waals surface area contributed by atoms with Crippen molar-refractivity contribution in [2.24, 2.45) is 0 Å². The van der Waals surface area contributed by atoms with Crippen molar-refractivity contribution in [3.63, 3.8) is 0 Å². The third kappa shape index (κ3) is 2.72. The van der Waals surface area contributed by atoms with Gasteiger partial charge in [0.05, 0.1) is 11.2 Å². The lowest BCUT2D eigenvalue weighted by atomic mass is 9.97. The summed E-state index contributed by atoms with van der Waals surface area (Å²) in [6, 6.07) is 8.48. The molecule has 25 heavy (non-hydrogen) atoms. The Kier molecular flexibility index (Phi) is 3.86. The summed E-state index contributed by atoms with van der Waals surface area (Å²) in [4.78, 5) is 13.1. The Labute approximate surface area is 148 Å². The van der Waals surface area contributed by atoms with Crippen LogP contribution in [0, 0.1) is 0 Å². The van der Waals surface area contributed by atoms with Gasteiger partial charge < -0.3 is 5.32 Å². The number of hydrogen-bond acceptors (Lipinski definition) is 4. The lowest BCUT2D eigenvalue weighted by Crippen LogP contribution is -1.98. The number of hydrogen-bond donors (Lipinski definition) is 1. The van der Waals surface area contributed by atoms with Crippen LogP contribution in [0.2, 0.25) is 0 Å². The molecular formula is C21H20N4. The second-order valence-electron chi connectivity index (χ2n) is 5.93. The fraction of sp³-hybridized carbons (Fsp3) is 0.0952. The van der Waals surface area contributed by atoms with Crippen molar-refractivity contribution in [2.75, 3.05) is 7.05 Å². The van der Waals surface area contributed by atoms with Crippen LogP contribution in [0.15, 0.2) is 67.9 Å². The molecule has 2 heterocycles. The molecule has 0 fully saturated rings. The summed E-state index contributed by atoms with van der Waals surface area (Å²) in [5.74, 6) is 0. The van der Waals surface area contributed by atoms with Crippen LogP contribution >= 0.6 is 0 Å². The summed E-state index contributed by atoms with van der Waals surface area (Å²) in [5.41, 5.74) is 7.70. The molecule has 1 aliphatic rings. The summed E-state index contributed by atoms with van der Waals surface area (Å²) in [7, 11) is 1.88. The van der Waals surface area contributed by atoms with Gasteiger partial charge in [-0.2, -0.15) is 0 Å². The monoisotopic (exact) mass is 328 g/mol. The highest BCUT2D eigenvalue weighted by Gasteiger charge is 2.18. The molecule has 0 radical (unpaired) electrons. The zero-order chi connectivity index (χ0) is 17.2. The molecular weight excluding hydrogens is 308 g/mol. The molecule has 1 aromatic carbocycles. The average Bonchev–Trinajstić information content (AvgIpc) is 3.09. The van der Waals surface area contributed by atoms with Crippen LogP contribution in [-0.4, -0.2) is 22.0 Å². The minimum atomic E-state index is 0. The standard InChI is InChI=1S/C21H18N4.H2/c1-3-14(10-22-2)16-9-19-18(5-7-21(19)24-12-16)15-4-6-20-17(8-15)11-23-13-25-20;/h3-6,8-13,22H,1,7H2,2H3;1H/b14-10+;. The van der Waals surface area contributed by atoms with Gasteiger partial charge in [-0.1, -0.05) is 24.8 Å². The first-order chi connectivity index (χ1) is 12.3. The Morgan fingerprint density at radius 2 is 2.16 bits per heavy atom. The molecule has 0 aliphatic heterocycles. The van der Waals surface area contributed by atoms with E-state index in [1.807, 2.05) is 37.8 Å². The largest absolute Gasteiger partial charge is 0.393 e. The van der Waals surface area contributed by atoms with Gasteiger partial charge in [-0.25, -0.2) is 9.97 Å². The molecule has 2 aromatic heterocycles. The number of fused-ring (bicyclic) bond motifs is 2. The van der Waals surface area contributed by atoms with Gasteiger partial charge in [-0.15, -0.1) is 0 Å². The van der Waals surface area contributed by atoms with Gasteiger partial charge >= 0.3 is 0 Å². The molecule has 3 aromatic rings. The molecule has 0 atom stereocenters. The fourth-order valence-corrected chi connectivity index (χ4v) is 3.20. The first-order valence-electron chi connectivity index (χ1n) is 8.20. The molecule has 1 aliphatic carbocycles. The van der Waals surface area contributed by atoms with Crippen LogP contribution in [0.4, 0.5) is 0 Å². The normalized spacial score (nSPS) is 13.5. The SMILES string of the molecule is C=C/C(=C\NC)c1cnc2c(c1)C(c1ccc3ncncc3c1)=CC2.[HH]. The van der Waals surface area contributed by atoms with Crippen molar-refractivity contribution in [2.45, 2.75) is 6.42 Å². The predicted octanol–water partition coefficient (Wildman–Crippen LogP) is 4.00. The van der Waals surface area contributed by atoms with Gasteiger partial charge in [0.2, 0.25) is 0 Å². The van der Waals surface area contributed by atoms with Gasteiger partial charge in [0.25, 0.3) is 0 Å². The van der Waals surface area contributed by atoms with E-state index in [-0.39, 0.29) is 1.43 Å². The number of benzene rings is 1. The van der Waals surface area contributed by atoms with Crippen molar-refractivity contribution in [1.29, 1.82) is 0 Å². The number of aromatic nitrogens is 3. The van der Waals surface area contributed by atoms with Gasteiger partial charge in [0.1, 0.15) is 6.33 Å². The second-order valence-corrected chi connectivity index (χ2v) is 5.93. The Balaban J connectivity index is 0.00000196. The summed E-state index contributed by atoms with van der Waals surface area (Å²) in [5, 5.41) is 4.10. The molecule has 0 spiro atoms. The van der Waals surface area contributed by atoms with E-state index in [4.69, 9.17) is 0 Å². The van der Waals surface area contributed by atoms with E-state index >= 15 is 0 Å². The maximum Gasteiger partial charge on any atom is 0.116 e. The lowest BCUT2D eigenvalue weighted by molar-refractivity contribution is 1.10. The maximum atomic E-state index is 4.66. The minimum Gasteiger partial charge on any atom is -0.393 e. The molecule has 4 nitrogen and oxygen atoms in total. The fourth-order valence-electron chi connectivity index (χ4n) is 3.20. The van der Waals surface area contributed by atoms with E-state index in [2.05, 4.69) is 51.1 Å². The van der Waals surface area contributed by atoms with Gasteiger partial charge in [-0.3, -0.25) is 4.98 Å². The predicted molar refractivity (Wildman–Crippen MR) is 104 cm³/mol. The van der Waals surface area contributed by atoms with Crippen molar-refractivity contribution in [3.8, 4) is 0 Å². The minimum absolute atomic E-state index is 0. The van der Waals surface area contributed by atoms with Crippen molar-refractivity contribution < 1.29 is 1.43 Å². The van der Waals surface area contributed by atoms with Crippen molar-refractivity contribution in [1.82, 2.24) is 20.3 Å². The van der Waals surface area contributed by atoms with Crippen LogP contribution in [-0.2, 0) is 6.42 Å². The van der Waals surface area contributed by atoms with Crippen LogP contribution < -0.4 is 5.32 Å². The number of rotatable bonds is 4. The summed E-state index contributed by atoms with van der Waals surface area (Å²) >= 11 is 0. The van der Waals surface area contributed by atoms with E-state index in [1.54, 1.807) is 6.33 Å². The summed E-state index contributed by atoms with van der Waals surface area (Å²) in [6.45, 7) is 3.90. The molecule has 0 unspecified atom stereocenters. The smallest absolute Gasteiger partial charge is 0.116 e. The number of nitrogens with zero attached hydrogens (tertiary/aromatic N) is 3. The molecule has 0 saturated carbocycles. The van der Waals surface area contributed by atoms with Crippen LogP contribution in [0.3, 0.4) is 0 Å². The van der Waals surface area contributed by atoms with E-state index < -0.39 is 0 Å². The third-order valence-corrected chi connectivity index (χ3v) is 4.43. The quantitative estimate of drug-likeness (QED) is 0.735. The Hall–Kier alpha value is -3.27. The molecule has 4 heteroatoms. The van der Waals surface area contributed by atoms with Crippen LogP contribution in [0.25, 0.3) is 22.0 Å². The molecule has 124 valence electrons. The first-order valence-corrected chi connectivity index (χ1v) is 8.20. The Bertz CT molecular complexity index is 1040. The number of pyridine rings is 1.